The van der Waals surface area contributed by atoms with Gasteiger partial charge in [-0.15, -0.1) is 11.3 Å². The first kappa shape index (κ1) is 17.0. The number of ether oxygens (including phenoxy) is 1. The molecule has 2 aliphatic rings. The number of aliphatic carboxylic acids is 1. The van der Waals surface area contributed by atoms with E-state index in [-0.39, 0.29) is 6.42 Å². The third kappa shape index (κ3) is 3.46. The van der Waals surface area contributed by atoms with Gasteiger partial charge in [-0.1, -0.05) is 31.0 Å². The van der Waals surface area contributed by atoms with E-state index in [1.165, 1.54) is 35.3 Å². The van der Waals surface area contributed by atoms with Gasteiger partial charge in [0, 0.05) is 34.6 Å². The minimum absolute atomic E-state index is 0.131. The fourth-order valence-electron chi connectivity index (χ4n) is 4.51. The number of carboxylic acids is 1. The average molecular weight is 359 g/mol. The van der Waals surface area contributed by atoms with Gasteiger partial charge in [0.2, 0.25) is 0 Å². The molecule has 25 heavy (non-hydrogen) atoms. The van der Waals surface area contributed by atoms with Crippen LogP contribution in [0.2, 0.25) is 0 Å². The Kier molecular flexibility index (Phi) is 5.06. The molecule has 1 aromatic heterocycles. The summed E-state index contributed by atoms with van der Waals surface area (Å²) >= 11 is 1.82. The fraction of sp³-hybridized carbons (Fsp3) is 0.550. The van der Waals surface area contributed by atoms with E-state index in [0.29, 0.717) is 12.0 Å². The van der Waals surface area contributed by atoms with Crippen LogP contribution in [0.5, 0.6) is 0 Å². The third-order valence-corrected chi connectivity index (χ3v) is 6.98. The lowest BCUT2D eigenvalue weighted by atomic mass is 9.80. The largest absolute Gasteiger partial charge is 0.481 e. The second kappa shape index (κ2) is 7.44. The molecule has 134 valence electrons. The minimum atomic E-state index is -0.733. The van der Waals surface area contributed by atoms with Crippen molar-refractivity contribution in [3.8, 4) is 0 Å². The molecule has 2 fully saturated rings. The van der Waals surface area contributed by atoms with E-state index in [1.54, 1.807) is 0 Å². The second-order valence-corrected chi connectivity index (χ2v) is 8.20. The van der Waals surface area contributed by atoms with Gasteiger partial charge >= 0.3 is 5.97 Å². The highest BCUT2D eigenvalue weighted by Gasteiger charge is 2.34. The third-order valence-electron chi connectivity index (χ3n) is 5.64. The van der Waals surface area contributed by atoms with E-state index in [0.717, 1.165) is 37.3 Å². The normalized spacial score (nSPS) is 25.3. The molecule has 0 amide bonds. The first-order chi connectivity index (χ1) is 12.2. The predicted molar refractivity (Wildman–Crippen MR) is 101 cm³/mol. The van der Waals surface area contributed by atoms with Crippen molar-refractivity contribution in [2.45, 2.75) is 44.1 Å². The number of benzene rings is 1. The monoisotopic (exact) mass is 359 g/mol. The van der Waals surface area contributed by atoms with Gasteiger partial charge in [-0.2, -0.15) is 0 Å². The highest BCUT2D eigenvalue weighted by molar-refractivity contribution is 7.19. The standard InChI is InChI=1S/C20H25NO3S/c22-19(23)13-16-14-5-2-4-8-18(14)25-20(16)15-6-1-3-7-17(15)21-9-11-24-12-10-21/h2,4-5,8,15,17H,1,3,6-7,9-13H2,(H,22,23). The Morgan fingerprint density at radius 3 is 2.76 bits per heavy atom. The van der Waals surface area contributed by atoms with Crippen LogP contribution in [0.4, 0.5) is 0 Å². The van der Waals surface area contributed by atoms with Gasteiger partial charge < -0.3 is 9.84 Å². The summed E-state index contributed by atoms with van der Waals surface area (Å²) in [6.07, 6.45) is 5.03. The van der Waals surface area contributed by atoms with Gasteiger partial charge in [0.05, 0.1) is 19.6 Å². The highest BCUT2D eigenvalue weighted by Crippen LogP contribution is 2.44. The molecule has 4 rings (SSSR count). The molecule has 2 heterocycles. The number of carboxylic acid groups (broad SMARTS) is 1. The maximum atomic E-state index is 11.5. The van der Waals surface area contributed by atoms with Gasteiger partial charge in [0.1, 0.15) is 0 Å². The number of hydrogen-bond donors (Lipinski definition) is 1. The van der Waals surface area contributed by atoms with Crippen molar-refractivity contribution in [1.29, 1.82) is 0 Å². The fourth-order valence-corrected chi connectivity index (χ4v) is 5.93. The van der Waals surface area contributed by atoms with E-state index in [9.17, 15) is 9.90 Å². The van der Waals surface area contributed by atoms with Crippen LogP contribution in [-0.2, 0) is 16.0 Å². The number of fused-ring (bicyclic) bond motifs is 1. The average Bonchev–Trinajstić information content (AvgIpc) is 3.00. The molecule has 1 aromatic carbocycles. The molecule has 5 heteroatoms. The number of morpholine rings is 1. The van der Waals surface area contributed by atoms with E-state index in [4.69, 9.17) is 4.74 Å². The van der Waals surface area contributed by atoms with E-state index in [2.05, 4.69) is 17.0 Å². The number of hydrogen-bond acceptors (Lipinski definition) is 4. The summed E-state index contributed by atoms with van der Waals surface area (Å²) in [4.78, 5) is 15.4. The van der Waals surface area contributed by atoms with Crippen molar-refractivity contribution in [3.63, 3.8) is 0 Å². The Balaban J connectivity index is 1.73. The molecule has 1 saturated carbocycles. The zero-order chi connectivity index (χ0) is 17.2. The lowest BCUT2D eigenvalue weighted by molar-refractivity contribution is -0.136. The first-order valence-electron chi connectivity index (χ1n) is 9.28. The number of thiophene rings is 1. The smallest absolute Gasteiger partial charge is 0.307 e. The van der Waals surface area contributed by atoms with Crippen LogP contribution in [0.15, 0.2) is 24.3 Å². The zero-order valence-electron chi connectivity index (χ0n) is 14.4. The predicted octanol–water partition coefficient (Wildman–Crippen LogP) is 3.89. The summed E-state index contributed by atoms with van der Waals surface area (Å²) < 4.78 is 6.76. The SMILES string of the molecule is O=C(O)Cc1c(C2CCCCC2N2CCOCC2)sc2ccccc12. The molecular weight excluding hydrogens is 334 g/mol. The van der Waals surface area contributed by atoms with Gasteiger partial charge in [0.25, 0.3) is 0 Å². The van der Waals surface area contributed by atoms with Crippen molar-refractivity contribution in [3.05, 3.63) is 34.7 Å². The van der Waals surface area contributed by atoms with Gasteiger partial charge in [-0.05, 0) is 29.9 Å². The van der Waals surface area contributed by atoms with Crippen LogP contribution in [0.25, 0.3) is 10.1 Å². The van der Waals surface area contributed by atoms with E-state index in [1.807, 2.05) is 23.5 Å². The maximum absolute atomic E-state index is 11.5. The molecule has 1 aliphatic heterocycles. The summed E-state index contributed by atoms with van der Waals surface area (Å²) in [6.45, 7) is 3.63. The molecule has 1 aliphatic carbocycles. The molecular formula is C20H25NO3S. The lowest BCUT2D eigenvalue weighted by Crippen LogP contribution is -2.47. The summed E-state index contributed by atoms with van der Waals surface area (Å²) in [7, 11) is 0. The second-order valence-electron chi connectivity index (χ2n) is 7.12. The Hall–Kier alpha value is -1.43. The van der Waals surface area contributed by atoms with Gasteiger partial charge in [0.15, 0.2) is 0 Å². The molecule has 0 spiro atoms. The van der Waals surface area contributed by atoms with Crippen LogP contribution in [0.3, 0.4) is 0 Å². The summed E-state index contributed by atoms with van der Waals surface area (Å²) in [5.41, 5.74) is 1.05. The van der Waals surface area contributed by atoms with Crippen molar-refractivity contribution < 1.29 is 14.6 Å². The Bertz CT molecular complexity index is 750. The van der Waals surface area contributed by atoms with Crippen molar-refractivity contribution >= 4 is 27.4 Å². The molecule has 2 unspecified atom stereocenters. The van der Waals surface area contributed by atoms with Crippen LogP contribution < -0.4 is 0 Å². The van der Waals surface area contributed by atoms with Crippen molar-refractivity contribution in [2.75, 3.05) is 26.3 Å². The molecule has 1 saturated heterocycles. The quantitative estimate of drug-likeness (QED) is 0.900. The van der Waals surface area contributed by atoms with E-state index >= 15 is 0 Å². The maximum Gasteiger partial charge on any atom is 0.307 e. The van der Waals surface area contributed by atoms with Crippen molar-refractivity contribution in [1.82, 2.24) is 4.90 Å². The van der Waals surface area contributed by atoms with Crippen molar-refractivity contribution in [2.24, 2.45) is 0 Å². The Morgan fingerprint density at radius 2 is 1.96 bits per heavy atom. The molecule has 2 aromatic rings. The number of carbonyl (C=O) groups is 1. The van der Waals surface area contributed by atoms with Crippen LogP contribution >= 0.6 is 11.3 Å². The highest BCUT2D eigenvalue weighted by atomic mass is 32.1. The molecule has 0 radical (unpaired) electrons. The van der Waals surface area contributed by atoms with E-state index < -0.39 is 5.97 Å². The lowest BCUT2D eigenvalue weighted by Gasteiger charge is -2.41. The molecule has 0 bridgehead atoms. The zero-order valence-corrected chi connectivity index (χ0v) is 15.3. The Morgan fingerprint density at radius 1 is 1.20 bits per heavy atom. The topological polar surface area (TPSA) is 49.8 Å². The summed E-state index contributed by atoms with van der Waals surface area (Å²) in [5, 5.41) is 10.6. The summed E-state index contributed by atoms with van der Waals surface area (Å²) in [6, 6.07) is 8.80. The first-order valence-corrected chi connectivity index (χ1v) is 10.1. The number of rotatable bonds is 4. The number of nitrogens with zero attached hydrogens (tertiary/aromatic N) is 1. The van der Waals surface area contributed by atoms with Gasteiger partial charge in [-0.3, -0.25) is 9.69 Å². The molecule has 1 N–H and O–H groups in total. The molecule has 2 atom stereocenters. The minimum Gasteiger partial charge on any atom is -0.481 e. The Labute approximate surface area is 152 Å². The van der Waals surface area contributed by atoms with Crippen LogP contribution in [-0.4, -0.2) is 48.3 Å². The van der Waals surface area contributed by atoms with Crippen LogP contribution in [0.1, 0.15) is 42.0 Å². The van der Waals surface area contributed by atoms with Gasteiger partial charge in [-0.25, -0.2) is 0 Å². The molecule has 4 nitrogen and oxygen atoms in total. The van der Waals surface area contributed by atoms with Crippen LogP contribution in [0, 0.1) is 0 Å². The summed E-state index contributed by atoms with van der Waals surface area (Å²) in [5.74, 6) is -0.276.